The largest absolute Gasteiger partial charge is 0.493 e. The van der Waals surface area contributed by atoms with Crippen LogP contribution in [-0.4, -0.2) is 19.4 Å². The normalized spacial score (nSPS) is 12.2. The highest BCUT2D eigenvalue weighted by molar-refractivity contribution is 5.43. The number of nitrogens with zero attached hydrogens (tertiary/aromatic N) is 1. The van der Waals surface area contributed by atoms with Crippen LogP contribution in [0.25, 0.3) is 0 Å². The first-order valence-electron chi connectivity index (χ1n) is 6.63. The smallest absolute Gasteiger partial charge is 0.161 e. The Hall–Kier alpha value is -2.01. The summed E-state index contributed by atoms with van der Waals surface area (Å²) in [4.78, 5) is 0. The van der Waals surface area contributed by atoms with Crippen LogP contribution >= 0.6 is 0 Å². The fourth-order valence-electron chi connectivity index (χ4n) is 2.12. The molecule has 1 aromatic heterocycles. The van der Waals surface area contributed by atoms with Gasteiger partial charge in [0.15, 0.2) is 11.5 Å². The van der Waals surface area contributed by atoms with Crippen LogP contribution in [0, 0.1) is 0 Å². The van der Waals surface area contributed by atoms with Gasteiger partial charge in [-0.15, -0.1) is 0 Å². The summed E-state index contributed by atoms with van der Waals surface area (Å²) in [6.45, 7) is 2.81. The Morgan fingerprint density at radius 3 is 2.60 bits per heavy atom. The molecule has 0 fully saturated rings. The zero-order valence-electron chi connectivity index (χ0n) is 12.1. The number of hydrogen-bond acceptors (Lipinski definition) is 5. The molecule has 5 heteroatoms. The first-order chi connectivity index (χ1) is 9.78. The van der Waals surface area contributed by atoms with Gasteiger partial charge in [0.1, 0.15) is 6.26 Å². The van der Waals surface area contributed by atoms with Crippen LogP contribution in [0.1, 0.15) is 30.6 Å². The van der Waals surface area contributed by atoms with Gasteiger partial charge in [-0.2, -0.15) is 0 Å². The Balaban J connectivity index is 2.10. The highest BCUT2D eigenvalue weighted by Crippen LogP contribution is 2.30. The van der Waals surface area contributed by atoms with Gasteiger partial charge in [0.25, 0.3) is 0 Å². The van der Waals surface area contributed by atoms with Crippen molar-refractivity contribution in [2.45, 2.75) is 25.9 Å². The van der Waals surface area contributed by atoms with E-state index >= 15 is 0 Å². The highest BCUT2D eigenvalue weighted by Gasteiger charge is 2.13. The average molecular weight is 276 g/mol. The van der Waals surface area contributed by atoms with Crippen molar-refractivity contribution in [2.75, 3.05) is 14.2 Å². The topological polar surface area (TPSA) is 56.5 Å². The predicted octanol–water partition coefficient (Wildman–Crippen LogP) is 2.93. The summed E-state index contributed by atoms with van der Waals surface area (Å²) in [5, 5.41) is 7.35. The Morgan fingerprint density at radius 1 is 1.20 bits per heavy atom. The lowest BCUT2D eigenvalue weighted by Gasteiger charge is -2.18. The lowest BCUT2D eigenvalue weighted by Crippen LogP contribution is -2.20. The van der Waals surface area contributed by atoms with Gasteiger partial charge in [0.2, 0.25) is 0 Å². The van der Waals surface area contributed by atoms with Crippen LogP contribution in [-0.2, 0) is 6.54 Å². The predicted molar refractivity (Wildman–Crippen MR) is 75.9 cm³/mol. The Bertz CT molecular complexity index is 526. The van der Waals surface area contributed by atoms with E-state index in [0.29, 0.717) is 6.54 Å². The second-order valence-corrected chi connectivity index (χ2v) is 4.45. The number of nitrogens with one attached hydrogen (secondary N) is 1. The molecule has 2 aromatic rings. The summed E-state index contributed by atoms with van der Waals surface area (Å²) in [5.41, 5.74) is 2.05. The maximum atomic E-state index is 5.34. The Labute approximate surface area is 118 Å². The maximum absolute atomic E-state index is 5.34. The molecule has 1 heterocycles. The average Bonchev–Trinajstić information content (AvgIpc) is 3.01. The Kier molecular flexibility index (Phi) is 5.01. The van der Waals surface area contributed by atoms with Crippen LogP contribution in [0.3, 0.4) is 0 Å². The fourth-order valence-corrected chi connectivity index (χ4v) is 2.12. The van der Waals surface area contributed by atoms with Crippen molar-refractivity contribution >= 4 is 0 Å². The van der Waals surface area contributed by atoms with Crippen molar-refractivity contribution in [3.05, 3.63) is 41.8 Å². The van der Waals surface area contributed by atoms with Gasteiger partial charge in [-0.25, -0.2) is 0 Å². The van der Waals surface area contributed by atoms with Crippen molar-refractivity contribution < 1.29 is 14.0 Å². The third kappa shape index (κ3) is 3.30. The molecule has 0 aliphatic heterocycles. The second kappa shape index (κ2) is 6.96. The summed E-state index contributed by atoms with van der Waals surface area (Å²) in [7, 11) is 3.28. The molecule has 1 aromatic carbocycles. The molecule has 2 rings (SSSR count). The molecule has 0 aliphatic rings. The molecule has 108 valence electrons. The Morgan fingerprint density at radius 2 is 2.00 bits per heavy atom. The molecule has 20 heavy (non-hydrogen) atoms. The molecule has 0 aliphatic carbocycles. The second-order valence-electron chi connectivity index (χ2n) is 4.45. The summed E-state index contributed by atoms with van der Waals surface area (Å²) in [6, 6.07) is 8.06. The summed E-state index contributed by atoms with van der Waals surface area (Å²) < 4.78 is 15.4. The lowest BCUT2D eigenvalue weighted by atomic mass is 10.0. The number of aromatic nitrogens is 1. The third-order valence-electron chi connectivity index (χ3n) is 3.24. The SMILES string of the molecule is CCC(NCc1ccon1)c1ccc(OC)c(OC)c1. The van der Waals surface area contributed by atoms with Crippen molar-refractivity contribution in [2.24, 2.45) is 0 Å². The van der Waals surface area contributed by atoms with E-state index in [9.17, 15) is 0 Å². The van der Waals surface area contributed by atoms with Gasteiger partial charge < -0.3 is 19.3 Å². The van der Waals surface area contributed by atoms with E-state index in [4.69, 9.17) is 14.0 Å². The van der Waals surface area contributed by atoms with Crippen molar-refractivity contribution in [1.29, 1.82) is 0 Å². The van der Waals surface area contributed by atoms with Gasteiger partial charge in [0.05, 0.1) is 19.9 Å². The summed E-state index contributed by atoms with van der Waals surface area (Å²) in [5.74, 6) is 1.48. The van der Waals surface area contributed by atoms with E-state index in [2.05, 4.69) is 17.4 Å². The van der Waals surface area contributed by atoms with E-state index < -0.39 is 0 Å². The summed E-state index contributed by atoms with van der Waals surface area (Å²) >= 11 is 0. The zero-order valence-corrected chi connectivity index (χ0v) is 12.1. The fraction of sp³-hybridized carbons (Fsp3) is 0.400. The lowest BCUT2D eigenvalue weighted by molar-refractivity contribution is 0.353. The molecule has 0 spiro atoms. The van der Waals surface area contributed by atoms with Crippen LogP contribution in [0.15, 0.2) is 35.1 Å². The van der Waals surface area contributed by atoms with Crippen molar-refractivity contribution in [1.82, 2.24) is 10.5 Å². The first kappa shape index (κ1) is 14.4. The monoisotopic (exact) mass is 276 g/mol. The van der Waals surface area contributed by atoms with Gasteiger partial charge in [-0.05, 0) is 24.1 Å². The molecular weight excluding hydrogens is 256 g/mol. The number of methoxy groups -OCH3 is 2. The standard InChI is InChI=1S/C15H20N2O3/c1-4-13(16-10-12-7-8-20-17-12)11-5-6-14(18-2)15(9-11)19-3/h5-9,13,16H,4,10H2,1-3H3. The van der Waals surface area contributed by atoms with Crippen LogP contribution in [0.2, 0.25) is 0 Å². The molecule has 0 radical (unpaired) electrons. The van der Waals surface area contributed by atoms with Crippen LogP contribution in [0.4, 0.5) is 0 Å². The highest BCUT2D eigenvalue weighted by atomic mass is 16.5. The van der Waals surface area contributed by atoms with Crippen molar-refractivity contribution in [3.63, 3.8) is 0 Å². The number of benzene rings is 1. The maximum Gasteiger partial charge on any atom is 0.161 e. The molecule has 0 saturated heterocycles. The minimum atomic E-state index is 0.228. The van der Waals surface area contributed by atoms with E-state index in [1.807, 2.05) is 24.3 Å². The van der Waals surface area contributed by atoms with Crippen molar-refractivity contribution in [3.8, 4) is 11.5 Å². The number of rotatable bonds is 7. The van der Waals surface area contributed by atoms with Crippen LogP contribution in [0.5, 0.6) is 11.5 Å². The van der Waals surface area contributed by atoms with Crippen LogP contribution < -0.4 is 14.8 Å². The zero-order chi connectivity index (χ0) is 14.4. The summed E-state index contributed by atoms with van der Waals surface area (Å²) in [6.07, 6.45) is 2.54. The van der Waals surface area contributed by atoms with E-state index in [1.165, 1.54) is 0 Å². The van der Waals surface area contributed by atoms with E-state index in [0.717, 1.165) is 29.2 Å². The van der Waals surface area contributed by atoms with E-state index in [-0.39, 0.29) is 6.04 Å². The number of ether oxygens (including phenoxy) is 2. The van der Waals surface area contributed by atoms with E-state index in [1.54, 1.807) is 20.5 Å². The number of hydrogen-bond donors (Lipinski definition) is 1. The molecular formula is C15H20N2O3. The molecule has 1 N–H and O–H groups in total. The molecule has 0 saturated carbocycles. The molecule has 1 atom stereocenters. The van der Waals surface area contributed by atoms with Gasteiger partial charge in [-0.3, -0.25) is 0 Å². The molecule has 5 nitrogen and oxygen atoms in total. The quantitative estimate of drug-likeness (QED) is 0.842. The molecule has 1 unspecified atom stereocenters. The van der Waals surface area contributed by atoms with Gasteiger partial charge in [0, 0.05) is 18.7 Å². The molecule has 0 amide bonds. The third-order valence-corrected chi connectivity index (χ3v) is 3.24. The first-order valence-corrected chi connectivity index (χ1v) is 6.63. The van der Waals surface area contributed by atoms with Gasteiger partial charge >= 0.3 is 0 Å². The minimum absolute atomic E-state index is 0.228. The van der Waals surface area contributed by atoms with Gasteiger partial charge in [-0.1, -0.05) is 18.1 Å². The minimum Gasteiger partial charge on any atom is -0.493 e. The molecule has 0 bridgehead atoms.